The Morgan fingerprint density at radius 1 is 1.00 bits per heavy atom. The van der Waals surface area contributed by atoms with Gasteiger partial charge in [-0.05, 0) is 98.4 Å². The molecule has 30 heavy (non-hydrogen) atoms. The van der Waals surface area contributed by atoms with Gasteiger partial charge in [0.25, 0.3) is 10.0 Å². The first kappa shape index (κ1) is 21.2. The molecule has 160 valence electrons. The Morgan fingerprint density at radius 3 is 2.17 bits per heavy atom. The van der Waals surface area contributed by atoms with E-state index in [1.54, 1.807) is 0 Å². The molecule has 2 aromatic carbocycles. The second-order valence-electron chi connectivity index (χ2n) is 8.53. The molecule has 0 unspecified atom stereocenters. The van der Waals surface area contributed by atoms with Crippen molar-refractivity contribution in [1.82, 2.24) is 4.72 Å². The number of fused-ring (bicyclic) bond motifs is 2. The first-order valence-electron chi connectivity index (χ1n) is 10.1. The summed E-state index contributed by atoms with van der Waals surface area (Å²) in [7, 11) is -4.17. The molecule has 2 aliphatic rings. The Labute approximate surface area is 181 Å². The minimum absolute atomic E-state index is 0.161. The third kappa shape index (κ3) is 4.06. The molecule has 0 heterocycles. The zero-order valence-corrected chi connectivity index (χ0v) is 18.6. The van der Waals surface area contributed by atoms with Crippen LogP contribution in [0.1, 0.15) is 54.5 Å². The number of benzene rings is 2. The summed E-state index contributed by atoms with van der Waals surface area (Å²) in [6.07, 6.45) is 5.81. The summed E-state index contributed by atoms with van der Waals surface area (Å²) in [4.78, 5) is 12.5. The molecule has 0 bridgehead atoms. The van der Waals surface area contributed by atoms with Gasteiger partial charge in [0.15, 0.2) is 0 Å². The summed E-state index contributed by atoms with van der Waals surface area (Å²) in [5, 5.41) is 13.2. The Bertz CT molecular complexity index is 1100. The number of carbonyl (C=O) groups excluding carboxylic acids is 1. The fourth-order valence-electron chi connectivity index (χ4n) is 4.36. The van der Waals surface area contributed by atoms with Gasteiger partial charge in [0.05, 0.1) is 10.5 Å². The molecule has 2 amide bonds. The van der Waals surface area contributed by atoms with Crippen LogP contribution in [0.4, 0.5) is 10.5 Å². The number of amides is 2. The van der Waals surface area contributed by atoms with Gasteiger partial charge in [-0.15, -0.1) is 0 Å². The Morgan fingerprint density at radius 2 is 1.60 bits per heavy atom. The average molecular weight is 449 g/mol. The summed E-state index contributed by atoms with van der Waals surface area (Å²) in [5.74, 6) is 0. The minimum atomic E-state index is -4.17. The molecular weight excluding hydrogens is 424 g/mol. The van der Waals surface area contributed by atoms with Gasteiger partial charge in [-0.2, -0.15) is 0 Å². The monoisotopic (exact) mass is 448 g/mol. The van der Waals surface area contributed by atoms with Gasteiger partial charge in [0.1, 0.15) is 0 Å². The minimum Gasteiger partial charge on any atom is -0.386 e. The molecule has 4 rings (SSSR count). The maximum absolute atomic E-state index is 12.8. The number of urea groups is 1. The van der Waals surface area contributed by atoms with Crippen molar-refractivity contribution in [3.05, 3.63) is 57.1 Å². The number of aryl methyl sites for hydroxylation is 2. The van der Waals surface area contributed by atoms with E-state index >= 15 is 0 Å². The number of rotatable bonds is 4. The predicted molar refractivity (Wildman–Crippen MR) is 117 cm³/mol. The molecule has 0 radical (unpaired) electrons. The Hall–Kier alpha value is -2.09. The molecule has 0 saturated heterocycles. The van der Waals surface area contributed by atoms with Crippen molar-refractivity contribution in [2.45, 2.75) is 62.9 Å². The Kier molecular flexibility index (Phi) is 5.33. The SMILES string of the molecule is CC(C)(O)c1cc(Cl)cc(S(=O)(=O)NC(=O)Nc2c3c(cc4c2CCC4)CCC3)c1. The van der Waals surface area contributed by atoms with Crippen molar-refractivity contribution < 1.29 is 18.3 Å². The summed E-state index contributed by atoms with van der Waals surface area (Å²) < 4.78 is 27.7. The van der Waals surface area contributed by atoms with E-state index in [4.69, 9.17) is 11.6 Å². The molecule has 2 aliphatic carbocycles. The maximum atomic E-state index is 12.8. The topological polar surface area (TPSA) is 95.5 Å². The number of carbonyl (C=O) groups is 1. The van der Waals surface area contributed by atoms with Crippen LogP contribution in [-0.2, 0) is 41.3 Å². The lowest BCUT2D eigenvalue weighted by Crippen LogP contribution is -2.35. The highest BCUT2D eigenvalue weighted by molar-refractivity contribution is 7.90. The van der Waals surface area contributed by atoms with Crippen LogP contribution in [-0.4, -0.2) is 19.6 Å². The lowest BCUT2D eigenvalue weighted by Gasteiger charge is -2.19. The van der Waals surface area contributed by atoms with Crippen LogP contribution in [0.3, 0.4) is 0 Å². The summed E-state index contributed by atoms with van der Waals surface area (Å²) in [6, 6.07) is 5.52. The molecule has 0 spiro atoms. The van der Waals surface area contributed by atoms with Crippen molar-refractivity contribution in [2.24, 2.45) is 0 Å². The molecule has 0 saturated carbocycles. The van der Waals surface area contributed by atoms with E-state index in [0.717, 1.165) is 55.3 Å². The highest BCUT2D eigenvalue weighted by Gasteiger charge is 2.27. The third-order valence-electron chi connectivity index (χ3n) is 5.83. The molecular formula is C22H25ClN2O4S. The quantitative estimate of drug-likeness (QED) is 0.657. The summed E-state index contributed by atoms with van der Waals surface area (Å²) >= 11 is 6.05. The molecule has 0 atom stereocenters. The highest BCUT2D eigenvalue weighted by atomic mass is 35.5. The number of nitrogens with one attached hydrogen (secondary N) is 2. The van der Waals surface area contributed by atoms with Crippen LogP contribution in [0.2, 0.25) is 5.02 Å². The van der Waals surface area contributed by atoms with Gasteiger partial charge in [-0.3, -0.25) is 0 Å². The molecule has 2 aromatic rings. The number of sulfonamides is 1. The van der Waals surface area contributed by atoms with E-state index in [1.807, 2.05) is 0 Å². The van der Waals surface area contributed by atoms with Crippen molar-refractivity contribution >= 4 is 33.3 Å². The summed E-state index contributed by atoms with van der Waals surface area (Å²) in [6.45, 7) is 3.07. The molecule has 3 N–H and O–H groups in total. The molecule has 0 aliphatic heterocycles. The third-order valence-corrected chi connectivity index (χ3v) is 7.36. The van der Waals surface area contributed by atoms with Crippen LogP contribution in [0.15, 0.2) is 29.2 Å². The van der Waals surface area contributed by atoms with Gasteiger partial charge in [0.2, 0.25) is 0 Å². The largest absolute Gasteiger partial charge is 0.386 e. The van der Waals surface area contributed by atoms with Gasteiger partial charge >= 0.3 is 6.03 Å². The lowest BCUT2D eigenvalue weighted by molar-refractivity contribution is 0.0784. The smallest absolute Gasteiger partial charge is 0.333 e. The fourth-order valence-corrected chi connectivity index (χ4v) is 5.64. The van der Waals surface area contributed by atoms with Crippen molar-refractivity contribution in [1.29, 1.82) is 0 Å². The number of aliphatic hydroxyl groups is 1. The molecule has 6 nitrogen and oxygen atoms in total. The average Bonchev–Trinajstić information content (AvgIpc) is 3.28. The van der Waals surface area contributed by atoms with Gasteiger partial charge in [-0.1, -0.05) is 17.7 Å². The zero-order chi connectivity index (χ0) is 21.7. The van der Waals surface area contributed by atoms with Crippen LogP contribution in [0.5, 0.6) is 0 Å². The normalized spacial score (nSPS) is 15.6. The number of anilines is 1. The fraction of sp³-hybridized carbons (Fsp3) is 0.409. The van der Waals surface area contributed by atoms with Crippen LogP contribution in [0, 0.1) is 0 Å². The van der Waals surface area contributed by atoms with E-state index in [2.05, 4.69) is 16.1 Å². The van der Waals surface area contributed by atoms with Crippen LogP contribution < -0.4 is 10.0 Å². The molecule has 8 heteroatoms. The predicted octanol–water partition coefficient (Wildman–Crippen LogP) is 4.06. The number of hydrogen-bond acceptors (Lipinski definition) is 4. The van der Waals surface area contributed by atoms with Gasteiger partial charge < -0.3 is 10.4 Å². The number of halogens is 1. The van der Waals surface area contributed by atoms with Crippen molar-refractivity contribution in [2.75, 3.05) is 5.32 Å². The van der Waals surface area contributed by atoms with E-state index in [-0.39, 0.29) is 9.92 Å². The summed E-state index contributed by atoms with van der Waals surface area (Å²) in [5.41, 5.74) is 4.58. The maximum Gasteiger partial charge on any atom is 0.333 e. The van der Waals surface area contributed by atoms with E-state index in [1.165, 1.54) is 43.2 Å². The van der Waals surface area contributed by atoms with E-state index in [0.29, 0.717) is 5.56 Å². The first-order chi connectivity index (χ1) is 14.0. The number of hydrogen-bond donors (Lipinski definition) is 3. The highest BCUT2D eigenvalue weighted by Crippen LogP contribution is 2.38. The Balaban J connectivity index is 1.61. The van der Waals surface area contributed by atoms with Crippen LogP contribution >= 0.6 is 11.6 Å². The van der Waals surface area contributed by atoms with Gasteiger partial charge in [-0.25, -0.2) is 17.9 Å². The molecule has 0 aromatic heterocycles. The van der Waals surface area contributed by atoms with Gasteiger partial charge in [0, 0.05) is 10.7 Å². The van der Waals surface area contributed by atoms with Crippen LogP contribution in [0.25, 0.3) is 0 Å². The standard InChI is InChI=1S/C22H25ClN2O4S/c1-22(2,27)15-10-16(23)12-17(11-15)30(28,29)25-21(26)24-20-18-7-3-5-13(18)9-14-6-4-8-19(14)20/h9-12,27H,3-8H2,1-2H3,(H2,24,25,26). The second-order valence-corrected chi connectivity index (χ2v) is 10.6. The second kappa shape index (κ2) is 7.55. The van der Waals surface area contributed by atoms with Crippen molar-refractivity contribution in [3.63, 3.8) is 0 Å². The molecule has 0 fully saturated rings. The first-order valence-corrected chi connectivity index (χ1v) is 11.9. The van der Waals surface area contributed by atoms with E-state index < -0.39 is 21.7 Å². The van der Waals surface area contributed by atoms with E-state index in [9.17, 15) is 18.3 Å². The lowest BCUT2D eigenvalue weighted by atomic mass is 9.99. The zero-order valence-electron chi connectivity index (χ0n) is 17.0. The van der Waals surface area contributed by atoms with Crippen molar-refractivity contribution in [3.8, 4) is 0 Å².